The van der Waals surface area contributed by atoms with Crippen molar-refractivity contribution in [2.75, 3.05) is 0 Å². The van der Waals surface area contributed by atoms with Gasteiger partial charge in [-0.25, -0.2) is 9.18 Å². The van der Waals surface area contributed by atoms with Gasteiger partial charge in [-0.2, -0.15) is 0 Å². The Balaban J connectivity index is 2.80. The van der Waals surface area contributed by atoms with Crippen LogP contribution in [0.4, 0.5) is 4.39 Å². The normalized spacial score (nSPS) is 12.5. The Hall–Kier alpha value is -2.88. The highest BCUT2D eigenvalue weighted by atomic mass is 19.1. The summed E-state index contributed by atoms with van der Waals surface area (Å²) in [6, 6.07) is 3.44. The van der Waals surface area contributed by atoms with Gasteiger partial charge in [-0.1, -0.05) is 12.1 Å². The molecule has 0 bridgehead atoms. The molecule has 0 saturated carbocycles. The van der Waals surface area contributed by atoms with Gasteiger partial charge in [0.2, 0.25) is 11.8 Å². The van der Waals surface area contributed by atoms with Crippen LogP contribution in [-0.2, 0) is 20.8 Å². The van der Waals surface area contributed by atoms with Crippen LogP contribution in [0.5, 0.6) is 0 Å². The van der Waals surface area contributed by atoms with Gasteiger partial charge in [0.15, 0.2) is 0 Å². The van der Waals surface area contributed by atoms with Gasteiger partial charge in [0.1, 0.15) is 17.9 Å². The van der Waals surface area contributed by atoms with E-state index in [-0.39, 0.29) is 12.8 Å². The number of carboxylic acid groups (broad SMARTS) is 1. The Morgan fingerprint density at radius 1 is 1.20 bits per heavy atom. The van der Waals surface area contributed by atoms with Crippen molar-refractivity contribution in [3.63, 3.8) is 0 Å². The van der Waals surface area contributed by atoms with E-state index in [0.29, 0.717) is 18.4 Å². The van der Waals surface area contributed by atoms with Crippen molar-refractivity contribution in [1.29, 1.82) is 0 Å². The molecule has 2 amide bonds. The molecule has 1 aromatic carbocycles. The fraction of sp³-hybridized carbons (Fsp3) is 0.389. The molecule has 0 unspecified atom stereocenters. The summed E-state index contributed by atoms with van der Waals surface area (Å²) in [5.74, 6) is -0.225. The van der Waals surface area contributed by atoms with Crippen LogP contribution in [0.3, 0.4) is 0 Å². The van der Waals surface area contributed by atoms with Gasteiger partial charge in [0, 0.05) is 19.8 Å². The highest BCUT2D eigenvalue weighted by molar-refractivity contribution is 5.90. The average Bonchev–Trinajstić information content (AvgIpc) is 2.54. The molecule has 1 aromatic rings. The number of halogens is 1. The van der Waals surface area contributed by atoms with Crippen molar-refractivity contribution in [2.24, 2.45) is 0 Å². The number of hydrogen-bond acceptors (Lipinski definition) is 3. The topological polar surface area (TPSA) is 95.5 Å². The fourth-order valence-electron chi connectivity index (χ4n) is 2.25. The number of carbonyl (C=O) groups excluding carboxylic acids is 2. The molecule has 0 aromatic heterocycles. The lowest BCUT2D eigenvalue weighted by molar-refractivity contribution is -0.142. The van der Waals surface area contributed by atoms with Crippen LogP contribution in [0.2, 0.25) is 0 Å². The molecule has 2 atom stereocenters. The van der Waals surface area contributed by atoms with Crippen molar-refractivity contribution < 1.29 is 23.9 Å². The molecule has 0 saturated heterocycles. The number of hydrogen-bond donors (Lipinski definition) is 3. The third kappa shape index (κ3) is 7.48. The standard InChI is InChI=1S/C18H21FN2O4/c1-3-4-5-6-15(18(24)25)21-17(23)16(20-12(2)22)11-13-7-9-14(19)10-8-13/h1,7-10,15-16H,4-6,11H2,2H3,(H,20,22)(H,21,23)(H,24,25)/t15-,16-/m1/s1. The van der Waals surface area contributed by atoms with Gasteiger partial charge < -0.3 is 15.7 Å². The van der Waals surface area contributed by atoms with Gasteiger partial charge >= 0.3 is 5.97 Å². The first-order valence-electron chi connectivity index (χ1n) is 7.81. The zero-order chi connectivity index (χ0) is 18.8. The molecule has 134 valence electrons. The average molecular weight is 348 g/mol. The molecular weight excluding hydrogens is 327 g/mol. The van der Waals surface area contributed by atoms with Gasteiger partial charge in [-0.05, 0) is 30.5 Å². The molecule has 0 aliphatic rings. The highest BCUT2D eigenvalue weighted by Gasteiger charge is 2.25. The van der Waals surface area contributed by atoms with E-state index in [2.05, 4.69) is 16.6 Å². The Labute approximate surface area is 145 Å². The largest absolute Gasteiger partial charge is 0.480 e. The van der Waals surface area contributed by atoms with E-state index in [9.17, 15) is 23.9 Å². The van der Waals surface area contributed by atoms with Gasteiger partial charge in [-0.3, -0.25) is 9.59 Å². The van der Waals surface area contributed by atoms with Crippen molar-refractivity contribution in [2.45, 2.75) is 44.7 Å². The van der Waals surface area contributed by atoms with Crippen LogP contribution in [-0.4, -0.2) is 35.0 Å². The fourth-order valence-corrected chi connectivity index (χ4v) is 2.25. The maximum Gasteiger partial charge on any atom is 0.326 e. The third-order valence-electron chi connectivity index (χ3n) is 3.48. The quantitative estimate of drug-likeness (QED) is 0.462. The maximum absolute atomic E-state index is 13.0. The van der Waals surface area contributed by atoms with Crippen LogP contribution < -0.4 is 10.6 Å². The van der Waals surface area contributed by atoms with Crippen LogP contribution in [0.25, 0.3) is 0 Å². The number of rotatable bonds is 9. The van der Waals surface area contributed by atoms with Crippen molar-refractivity contribution >= 4 is 17.8 Å². The Morgan fingerprint density at radius 3 is 2.36 bits per heavy atom. The molecule has 7 heteroatoms. The molecule has 0 heterocycles. The van der Waals surface area contributed by atoms with Crippen LogP contribution in [0.1, 0.15) is 31.7 Å². The molecule has 0 aliphatic carbocycles. The predicted octanol–water partition coefficient (Wildman–Crippen LogP) is 1.25. The lowest BCUT2D eigenvalue weighted by Gasteiger charge is -2.21. The third-order valence-corrected chi connectivity index (χ3v) is 3.48. The summed E-state index contributed by atoms with van der Waals surface area (Å²) in [6.45, 7) is 1.26. The first-order valence-corrected chi connectivity index (χ1v) is 7.81. The SMILES string of the molecule is C#CCCC[C@@H](NC(=O)[C@@H](Cc1ccc(F)cc1)NC(C)=O)C(=O)O. The number of terminal acetylenes is 1. The second kappa shape index (κ2) is 10.1. The molecule has 0 radical (unpaired) electrons. The smallest absolute Gasteiger partial charge is 0.326 e. The minimum absolute atomic E-state index is 0.113. The van der Waals surface area contributed by atoms with Crippen LogP contribution >= 0.6 is 0 Å². The Morgan fingerprint density at radius 2 is 1.84 bits per heavy atom. The molecule has 0 aliphatic heterocycles. The number of carboxylic acids is 1. The summed E-state index contributed by atoms with van der Waals surface area (Å²) >= 11 is 0. The number of amides is 2. The van der Waals surface area contributed by atoms with E-state index in [1.165, 1.54) is 31.2 Å². The first kappa shape index (κ1) is 20.2. The zero-order valence-electron chi connectivity index (χ0n) is 13.9. The summed E-state index contributed by atoms with van der Waals surface area (Å²) in [4.78, 5) is 35.0. The van der Waals surface area contributed by atoms with E-state index in [1.54, 1.807) is 0 Å². The van der Waals surface area contributed by atoms with Gasteiger partial charge in [0.25, 0.3) is 0 Å². The van der Waals surface area contributed by atoms with E-state index in [4.69, 9.17) is 6.42 Å². The van der Waals surface area contributed by atoms with Crippen molar-refractivity contribution in [3.05, 3.63) is 35.6 Å². The lowest BCUT2D eigenvalue weighted by atomic mass is 10.0. The molecule has 25 heavy (non-hydrogen) atoms. The first-order chi connectivity index (χ1) is 11.8. The second-order valence-electron chi connectivity index (χ2n) is 5.58. The van der Waals surface area contributed by atoms with Crippen molar-refractivity contribution in [1.82, 2.24) is 10.6 Å². The van der Waals surface area contributed by atoms with E-state index in [0.717, 1.165) is 0 Å². The van der Waals surface area contributed by atoms with E-state index < -0.39 is 35.7 Å². The zero-order valence-corrected chi connectivity index (χ0v) is 13.9. The summed E-state index contributed by atoms with van der Waals surface area (Å²) in [5.41, 5.74) is 0.634. The van der Waals surface area contributed by atoms with Crippen LogP contribution in [0, 0.1) is 18.2 Å². The second-order valence-corrected chi connectivity index (χ2v) is 5.58. The number of benzene rings is 1. The van der Waals surface area contributed by atoms with E-state index >= 15 is 0 Å². The number of unbranched alkanes of at least 4 members (excludes halogenated alkanes) is 1. The molecular formula is C18H21FN2O4. The lowest BCUT2D eigenvalue weighted by Crippen LogP contribution is -2.52. The summed E-state index contributed by atoms with van der Waals surface area (Å²) in [7, 11) is 0. The minimum Gasteiger partial charge on any atom is -0.480 e. The Bertz CT molecular complexity index is 652. The summed E-state index contributed by atoms with van der Waals surface area (Å²) in [5, 5.41) is 14.1. The summed E-state index contributed by atoms with van der Waals surface area (Å²) in [6.07, 6.45) is 6.30. The Kier molecular flexibility index (Phi) is 8.13. The number of aliphatic carboxylic acids is 1. The predicted molar refractivity (Wildman–Crippen MR) is 90.0 cm³/mol. The molecule has 3 N–H and O–H groups in total. The van der Waals surface area contributed by atoms with Crippen molar-refractivity contribution in [3.8, 4) is 12.3 Å². The minimum atomic E-state index is -1.17. The molecule has 0 spiro atoms. The number of carbonyl (C=O) groups is 3. The molecule has 6 nitrogen and oxygen atoms in total. The van der Waals surface area contributed by atoms with E-state index in [1.807, 2.05) is 0 Å². The molecule has 1 rings (SSSR count). The molecule has 0 fully saturated rings. The monoisotopic (exact) mass is 348 g/mol. The summed E-state index contributed by atoms with van der Waals surface area (Å²) < 4.78 is 13.0. The van der Waals surface area contributed by atoms with Crippen LogP contribution in [0.15, 0.2) is 24.3 Å². The van der Waals surface area contributed by atoms with Gasteiger partial charge in [0.05, 0.1) is 0 Å². The van der Waals surface area contributed by atoms with Gasteiger partial charge in [-0.15, -0.1) is 12.3 Å². The highest BCUT2D eigenvalue weighted by Crippen LogP contribution is 2.08. The number of nitrogens with one attached hydrogen (secondary N) is 2. The maximum atomic E-state index is 13.0.